The summed E-state index contributed by atoms with van der Waals surface area (Å²) in [5.74, 6) is 2.13. The van der Waals surface area contributed by atoms with Crippen LogP contribution < -0.4 is 14.2 Å². The van der Waals surface area contributed by atoms with Crippen LogP contribution in [0.5, 0.6) is 17.2 Å². The Balaban J connectivity index is 1.37. The van der Waals surface area contributed by atoms with Gasteiger partial charge in [-0.25, -0.2) is 0 Å². The second-order valence-electron chi connectivity index (χ2n) is 9.21. The van der Waals surface area contributed by atoms with Gasteiger partial charge in [-0.1, -0.05) is 18.2 Å². The highest BCUT2D eigenvalue weighted by Crippen LogP contribution is 2.29. The summed E-state index contributed by atoms with van der Waals surface area (Å²) in [4.78, 5) is 2.19. The molecule has 1 aliphatic heterocycles. The van der Waals surface area contributed by atoms with E-state index in [-0.39, 0.29) is 13.2 Å². The first-order chi connectivity index (χ1) is 16.9. The zero-order valence-electron chi connectivity index (χ0n) is 20.8. The third-order valence-electron chi connectivity index (χ3n) is 5.91. The lowest BCUT2D eigenvalue weighted by molar-refractivity contribution is -0.0646. The van der Waals surface area contributed by atoms with E-state index in [1.807, 2.05) is 73.4 Å². The number of benzene rings is 2. The Labute approximate surface area is 207 Å². The van der Waals surface area contributed by atoms with Crippen molar-refractivity contribution in [2.24, 2.45) is 0 Å². The lowest BCUT2D eigenvalue weighted by Crippen LogP contribution is -2.48. The lowest BCUT2D eigenvalue weighted by atomic mass is 10.1. The van der Waals surface area contributed by atoms with Crippen LogP contribution in [0.1, 0.15) is 16.7 Å². The van der Waals surface area contributed by atoms with Crippen molar-refractivity contribution in [1.82, 2.24) is 14.7 Å². The Hall–Kier alpha value is -3.07. The number of β-amino-alcohol motifs (C(OH)–C–C–N with tert-alkyl or cyclic N) is 1. The average Bonchev–Trinajstić information content (AvgIpc) is 3.16. The molecule has 0 saturated carbocycles. The highest BCUT2D eigenvalue weighted by Gasteiger charge is 2.33. The van der Waals surface area contributed by atoms with Crippen molar-refractivity contribution in [2.45, 2.75) is 32.5 Å². The van der Waals surface area contributed by atoms with Gasteiger partial charge in [0.05, 0.1) is 33.1 Å². The van der Waals surface area contributed by atoms with Crippen molar-refractivity contribution < 1.29 is 24.1 Å². The van der Waals surface area contributed by atoms with Crippen LogP contribution in [-0.2, 0) is 17.8 Å². The van der Waals surface area contributed by atoms with Crippen LogP contribution >= 0.6 is 0 Å². The average molecular weight is 482 g/mol. The number of hydrogen-bond acceptors (Lipinski definition) is 7. The first kappa shape index (κ1) is 25.0. The molecule has 4 rings (SSSR count). The van der Waals surface area contributed by atoms with E-state index in [0.717, 1.165) is 22.4 Å². The Morgan fingerprint density at radius 2 is 1.97 bits per heavy atom. The van der Waals surface area contributed by atoms with Crippen molar-refractivity contribution in [1.29, 1.82) is 0 Å². The molecule has 0 spiro atoms. The van der Waals surface area contributed by atoms with Crippen LogP contribution in [0.25, 0.3) is 0 Å². The van der Waals surface area contributed by atoms with Gasteiger partial charge in [0.15, 0.2) is 11.5 Å². The first-order valence-corrected chi connectivity index (χ1v) is 11.9. The monoisotopic (exact) mass is 481 g/mol. The molecule has 1 aromatic heterocycles. The summed E-state index contributed by atoms with van der Waals surface area (Å²) in [5, 5.41) is 15.5. The maximum atomic E-state index is 11.2. The van der Waals surface area contributed by atoms with Gasteiger partial charge in [0.2, 0.25) is 0 Å². The number of aryl methyl sites for hydroxylation is 2. The highest BCUT2D eigenvalue weighted by molar-refractivity contribution is 5.43. The summed E-state index contributed by atoms with van der Waals surface area (Å²) in [7, 11) is 1.64. The third-order valence-corrected chi connectivity index (χ3v) is 5.91. The minimum atomic E-state index is -1.10. The molecule has 35 heavy (non-hydrogen) atoms. The number of nitrogens with zero attached hydrogens (tertiary/aromatic N) is 3. The second kappa shape index (κ2) is 11.6. The molecular weight excluding hydrogens is 446 g/mol. The molecule has 0 aliphatic carbocycles. The van der Waals surface area contributed by atoms with Gasteiger partial charge in [0.25, 0.3) is 0 Å². The van der Waals surface area contributed by atoms with Crippen LogP contribution in [0.3, 0.4) is 0 Å². The van der Waals surface area contributed by atoms with E-state index in [2.05, 4.69) is 10.00 Å². The van der Waals surface area contributed by atoms with Crippen molar-refractivity contribution in [3.8, 4) is 17.2 Å². The molecular formula is C27H35N3O5. The second-order valence-corrected chi connectivity index (χ2v) is 9.21. The van der Waals surface area contributed by atoms with Crippen molar-refractivity contribution in [3.63, 3.8) is 0 Å². The predicted octanol–water partition coefficient (Wildman–Crippen LogP) is 3.23. The van der Waals surface area contributed by atoms with Gasteiger partial charge in [-0.05, 0) is 54.8 Å². The molecule has 8 heteroatoms. The SMILES string of the molecule is COc1ccc(CN2CCOC[C@](O)(COc3cccc(C)c3)C2)cc1OCCn1cc(C)cn1. The maximum Gasteiger partial charge on any atom is 0.161 e. The van der Waals surface area contributed by atoms with E-state index in [4.69, 9.17) is 18.9 Å². The summed E-state index contributed by atoms with van der Waals surface area (Å²) in [6.07, 6.45) is 3.82. The molecule has 1 atom stereocenters. The number of aromatic nitrogens is 2. The third kappa shape index (κ3) is 7.21. The van der Waals surface area contributed by atoms with Crippen molar-refractivity contribution >= 4 is 0 Å². The number of ether oxygens (including phenoxy) is 4. The lowest BCUT2D eigenvalue weighted by Gasteiger charge is -2.30. The fourth-order valence-electron chi connectivity index (χ4n) is 4.17. The van der Waals surface area contributed by atoms with Gasteiger partial charge in [-0.2, -0.15) is 5.10 Å². The molecule has 1 aliphatic rings. The zero-order chi connectivity index (χ0) is 24.7. The normalized spacial score (nSPS) is 18.7. The van der Waals surface area contributed by atoms with Gasteiger partial charge < -0.3 is 24.1 Å². The Bertz CT molecular complexity index is 1100. The first-order valence-electron chi connectivity index (χ1n) is 11.9. The van der Waals surface area contributed by atoms with Crippen LogP contribution in [0.2, 0.25) is 0 Å². The van der Waals surface area contributed by atoms with E-state index in [9.17, 15) is 5.11 Å². The van der Waals surface area contributed by atoms with E-state index in [0.29, 0.717) is 50.9 Å². The van der Waals surface area contributed by atoms with Crippen molar-refractivity contribution in [2.75, 3.05) is 46.6 Å². The molecule has 2 heterocycles. The molecule has 0 amide bonds. The molecule has 1 N–H and O–H groups in total. The predicted molar refractivity (Wildman–Crippen MR) is 133 cm³/mol. The standard InChI is InChI=1S/C27H35N3O5/c1-21-5-4-6-24(13-21)35-20-27(31)18-29(9-11-33-19-27)17-23-7-8-25(32-3)26(14-23)34-12-10-30-16-22(2)15-28-30/h4-8,13-16,31H,9-12,17-20H2,1-3H3/t27-/m0/s1. The number of aliphatic hydroxyl groups is 1. The molecule has 2 aromatic carbocycles. The summed E-state index contributed by atoms with van der Waals surface area (Å²) in [6, 6.07) is 13.8. The molecule has 3 aromatic rings. The van der Waals surface area contributed by atoms with Crippen LogP contribution in [0.4, 0.5) is 0 Å². The minimum Gasteiger partial charge on any atom is -0.493 e. The molecule has 1 saturated heterocycles. The smallest absolute Gasteiger partial charge is 0.161 e. The molecule has 0 radical (unpaired) electrons. The van der Waals surface area contributed by atoms with Gasteiger partial charge >= 0.3 is 0 Å². The van der Waals surface area contributed by atoms with Crippen molar-refractivity contribution in [3.05, 3.63) is 71.5 Å². The molecule has 0 bridgehead atoms. The van der Waals surface area contributed by atoms with E-state index in [1.54, 1.807) is 7.11 Å². The molecule has 8 nitrogen and oxygen atoms in total. The Kier molecular flexibility index (Phi) is 8.28. The Morgan fingerprint density at radius 1 is 1.09 bits per heavy atom. The fourth-order valence-corrected chi connectivity index (χ4v) is 4.17. The summed E-state index contributed by atoms with van der Waals surface area (Å²) in [6.45, 7) is 7.92. The van der Waals surface area contributed by atoms with Crippen LogP contribution in [0, 0.1) is 13.8 Å². The molecule has 1 fully saturated rings. The Morgan fingerprint density at radius 3 is 2.74 bits per heavy atom. The van der Waals surface area contributed by atoms with Crippen LogP contribution in [-0.4, -0.2) is 72.0 Å². The van der Waals surface area contributed by atoms with Gasteiger partial charge in [0.1, 0.15) is 24.6 Å². The highest BCUT2D eigenvalue weighted by atomic mass is 16.5. The minimum absolute atomic E-state index is 0.164. The van der Waals surface area contributed by atoms with Crippen LogP contribution in [0.15, 0.2) is 54.9 Å². The quantitative estimate of drug-likeness (QED) is 0.476. The number of methoxy groups -OCH3 is 1. The zero-order valence-corrected chi connectivity index (χ0v) is 20.8. The molecule has 0 unspecified atom stereocenters. The summed E-state index contributed by atoms with van der Waals surface area (Å²) in [5.41, 5.74) is 2.20. The van der Waals surface area contributed by atoms with E-state index >= 15 is 0 Å². The largest absolute Gasteiger partial charge is 0.493 e. The fraction of sp³-hybridized carbons (Fsp3) is 0.444. The number of hydrogen-bond donors (Lipinski definition) is 1. The molecule has 188 valence electrons. The summed E-state index contributed by atoms with van der Waals surface area (Å²) >= 11 is 0. The van der Waals surface area contributed by atoms with E-state index < -0.39 is 5.60 Å². The maximum absolute atomic E-state index is 11.2. The van der Waals surface area contributed by atoms with E-state index in [1.165, 1.54) is 0 Å². The topological polar surface area (TPSA) is 78.2 Å². The van der Waals surface area contributed by atoms with Gasteiger partial charge in [0, 0.05) is 25.8 Å². The number of rotatable bonds is 10. The van der Waals surface area contributed by atoms with Gasteiger partial charge in [-0.3, -0.25) is 9.58 Å². The van der Waals surface area contributed by atoms with Gasteiger partial charge in [-0.15, -0.1) is 0 Å². The summed E-state index contributed by atoms with van der Waals surface area (Å²) < 4.78 is 25.0.